The molecule has 0 aliphatic rings. The van der Waals surface area contributed by atoms with Crippen LogP contribution < -0.4 is 10.4 Å². The molecule has 0 saturated heterocycles. The summed E-state index contributed by atoms with van der Waals surface area (Å²) in [5, 5.41) is 12.7. The highest BCUT2D eigenvalue weighted by atomic mass is 16.4. The number of nitrogens with one attached hydrogen (secondary N) is 1. The summed E-state index contributed by atoms with van der Waals surface area (Å²) in [7, 11) is 0. The highest BCUT2D eigenvalue weighted by Gasteiger charge is 2.18. The topological polar surface area (TPSA) is 69.2 Å². The first-order valence-electron chi connectivity index (χ1n) is 4.94. The maximum Gasteiger partial charge on any atom is 0.271 e. The van der Waals surface area contributed by atoms with Gasteiger partial charge >= 0.3 is 0 Å². The lowest BCUT2D eigenvalue weighted by atomic mass is 9.86. The van der Waals surface area contributed by atoms with Gasteiger partial charge in [0.15, 0.2) is 0 Å². The summed E-state index contributed by atoms with van der Waals surface area (Å²) in [4.78, 5) is 21.4. The van der Waals surface area contributed by atoms with Crippen molar-refractivity contribution in [3.05, 3.63) is 29.8 Å². The molecule has 0 saturated carbocycles. The summed E-state index contributed by atoms with van der Waals surface area (Å²) >= 11 is 0. The normalized spacial score (nSPS) is 10.9. The molecule has 0 fully saturated rings. The number of benzene rings is 1. The zero-order valence-electron chi connectivity index (χ0n) is 9.53. The summed E-state index contributed by atoms with van der Waals surface area (Å²) in [6, 6.07) is 7.10. The van der Waals surface area contributed by atoms with E-state index >= 15 is 0 Å². The molecule has 0 atom stereocenters. The van der Waals surface area contributed by atoms with Gasteiger partial charge < -0.3 is 15.2 Å². The maximum atomic E-state index is 11.0. The van der Waals surface area contributed by atoms with E-state index in [4.69, 9.17) is 0 Å². The SMILES string of the molecule is CC(C)(C)c1ccccc1NC(=O)C(=O)[O-]. The Kier molecular flexibility index (Phi) is 3.32. The van der Waals surface area contributed by atoms with Crippen LogP contribution in [0.25, 0.3) is 0 Å². The Morgan fingerprint density at radius 3 is 2.25 bits per heavy atom. The second-order valence-corrected chi connectivity index (χ2v) is 4.54. The number of aliphatic carboxylic acids is 1. The summed E-state index contributed by atoms with van der Waals surface area (Å²) in [5.74, 6) is -2.86. The van der Waals surface area contributed by atoms with Crippen molar-refractivity contribution in [2.75, 3.05) is 5.32 Å². The van der Waals surface area contributed by atoms with Crippen LogP contribution in [0.5, 0.6) is 0 Å². The summed E-state index contributed by atoms with van der Waals surface area (Å²) in [6.45, 7) is 5.95. The predicted octanol–water partition coefficient (Wildman–Crippen LogP) is 0.672. The third-order valence-corrected chi connectivity index (χ3v) is 2.17. The van der Waals surface area contributed by atoms with Crippen molar-refractivity contribution in [2.45, 2.75) is 26.2 Å². The molecule has 0 heterocycles. The second kappa shape index (κ2) is 4.35. The number of carbonyl (C=O) groups excluding carboxylic acids is 2. The molecule has 0 spiro atoms. The van der Waals surface area contributed by atoms with Gasteiger partial charge in [-0.3, -0.25) is 4.79 Å². The van der Waals surface area contributed by atoms with Crippen LogP contribution in [-0.4, -0.2) is 11.9 Å². The van der Waals surface area contributed by atoms with Crippen molar-refractivity contribution in [3.8, 4) is 0 Å². The van der Waals surface area contributed by atoms with E-state index in [0.29, 0.717) is 5.69 Å². The fourth-order valence-corrected chi connectivity index (χ4v) is 1.42. The minimum atomic E-state index is -1.73. The Hall–Kier alpha value is -1.84. The first-order chi connectivity index (χ1) is 7.32. The number of carboxylic acid groups (broad SMARTS) is 1. The van der Waals surface area contributed by atoms with Gasteiger partial charge in [-0.15, -0.1) is 0 Å². The molecule has 0 radical (unpaired) electrons. The minimum Gasteiger partial charge on any atom is -0.540 e. The van der Waals surface area contributed by atoms with Gasteiger partial charge in [0, 0.05) is 5.69 Å². The largest absolute Gasteiger partial charge is 0.540 e. The zero-order valence-corrected chi connectivity index (χ0v) is 9.53. The molecular weight excluding hydrogens is 206 g/mol. The molecule has 4 nitrogen and oxygen atoms in total. The van der Waals surface area contributed by atoms with Crippen molar-refractivity contribution in [1.82, 2.24) is 0 Å². The van der Waals surface area contributed by atoms with Gasteiger partial charge in [0.2, 0.25) is 0 Å². The number of rotatable bonds is 1. The van der Waals surface area contributed by atoms with Gasteiger partial charge in [-0.2, -0.15) is 0 Å². The number of carbonyl (C=O) groups is 2. The number of amides is 1. The Bertz CT molecular complexity index is 419. The van der Waals surface area contributed by atoms with Gasteiger partial charge in [0.25, 0.3) is 5.91 Å². The molecule has 1 aromatic rings. The lowest BCUT2D eigenvalue weighted by molar-refractivity contribution is -0.299. The van der Waals surface area contributed by atoms with Crippen LogP contribution in [-0.2, 0) is 15.0 Å². The monoisotopic (exact) mass is 220 g/mol. The summed E-state index contributed by atoms with van der Waals surface area (Å²) < 4.78 is 0. The van der Waals surface area contributed by atoms with E-state index in [0.717, 1.165) is 5.56 Å². The van der Waals surface area contributed by atoms with Crippen molar-refractivity contribution < 1.29 is 14.7 Å². The first kappa shape index (κ1) is 12.2. The molecular formula is C12H14NO3-. The van der Waals surface area contributed by atoms with Crippen LogP contribution in [0, 0.1) is 0 Å². The molecule has 1 aromatic carbocycles. The van der Waals surface area contributed by atoms with Crippen LogP contribution in [0.3, 0.4) is 0 Å². The van der Waals surface area contributed by atoms with Gasteiger partial charge in [0.05, 0.1) is 0 Å². The standard InChI is InChI=1S/C12H15NO3/c1-12(2,3)8-6-4-5-7-9(8)13-10(14)11(15)16/h4-7H,1-3H3,(H,13,14)(H,15,16)/p-1. The average molecular weight is 220 g/mol. The lowest BCUT2D eigenvalue weighted by Gasteiger charge is -2.23. The molecule has 0 aliphatic carbocycles. The first-order valence-corrected chi connectivity index (χ1v) is 4.94. The number of carboxylic acids is 1. The fourth-order valence-electron chi connectivity index (χ4n) is 1.42. The minimum absolute atomic E-state index is 0.171. The molecule has 1 amide bonds. The smallest absolute Gasteiger partial charge is 0.271 e. The number of hydrogen-bond acceptors (Lipinski definition) is 3. The quantitative estimate of drug-likeness (QED) is 0.707. The zero-order chi connectivity index (χ0) is 12.3. The van der Waals surface area contributed by atoms with Crippen LogP contribution >= 0.6 is 0 Å². The van der Waals surface area contributed by atoms with Gasteiger partial charge in [0.1, 0.15) is 5.97 Å². The molecule has 0 bridgehead atoms. The predicted molar refractivity (Wildman–Crippen MR) is 58.8 cm³/mol. The fraction of sp³-hybridized carbons (Fsp3) is 0.333. The van der Waals surface area contributed by atoms with E-state index in [1.54, 1.807) is 12.1 Å². The molecule has 1 rings (SSSR count). The van der Waals surface area contributed by atoms with Crippen molar-refractivity contribution in [2.24, 2.45) is 0 Å². The summed E-state index contributed by atoms with van der Waals surface area (Å²) in [5.41, 5.74) is 1.21. The highest BCUT2D eigenvalue weighted by molar-refractivity contribution is 6.35. The van der Waals surface area contributed by atoms with Crippen LogP contribution in [0.15, 0.2) is 24.3 Å². The highest BCUT2D eigenvalue weighted by Crippen LogP contribution is 2.28. The summed E-state index contributed by atoms with van der Waals surface area (Å²) in [6.07, 6.45) is 0. The Labute approximate surface area is 94.3 Å². The van der Waals surface area contributed by atoms with Crippen LogP contribution in [0.1, 0.15) is 26.3 Å². The van der Waals surface area contributed by atoms with Crippen LogP contribution in [0.2, 0.25) is 0 Å². The van der Waals surface area contributed by atoms with E-state index in [-0.39, 0.29) is 5.41 Å². The molecule has 1 N–H and O–H groups in total. The molecule has 0 unspecified atom stereocenters. The van der Waals surface area contributed by atoms with E-state index in [9.17, 15) is 14.7 Å². The Balaban J connectivity index is 3.05. The van der Waals surface area contributed by atoms with Crippen molar-refractivity contribution >= 4 is 17.6 Å². The van der Waals surface area contributed by atoms with Crippen LogP contribution in [0.4, 0.5) is 5.69 Å². The van der Waals surface area contributed by atoms with E-state index < -0.39 is 11.9 Å². The van der Waals surface area contributed by atoms with Gasteiger partial charge in [-0.1, -0.05) is 39.0 Å². The number of para-hydroxylation sites is 1. The average Bonchev–Trinajstić information content (AvgIpc) is 2.16. The van der Waals surface area contributed by atoms with E-state index in [2.05, 4.69) is 5.32 Å². The third kappa shape index (κ3) is 2.82. The molecule has 86 valence electrons. The second-order valence-electron chi connectivity index (χ2n) is 4.54. The Morgan fingerprint density at radius 1 is 1.19 bits per heavy atom. The molecule has 0 aliphatic heterocycles. The van der Waals surface area contributed by atoms with Gasteiger partial charge in [-0.25, -0.2) is 0 Å². The number of hydrogen-bond donors (Lipinski definition) is 1. The molecule has 16 heavy (non-hydrogen) atoms. The maximum absolute atomic E-state index is 11.0. The van der Waals surface area contributed by atoms with Crippen molar-refractivity contribution in [3.63, 3.8) is 0 Å². The molecule has 0 aromatic heterocycles. The number of anilines is 1. The van der Waals surface area contributed by atoms with Gasteiger partial charge in [-0.05, 0) is 17.0 Å². The Morgan fingerprint density at radius 2 is 1.75 bits per heavy atom. The lowest BCUT2D eigenvalue weighted by Crippen LogP contribution is -2.36. The van der Waals surface area contributed by atoms with Crippen molar-refractivity contribution in [1.29, 1.82) is 0 Å². The third-order valence-electron chi connectivity index (χ3n) is 2.17. The molecule has 4 heteroatoms. The van der Waals surface area contributed by atoms with E-state index in [1.807, 2.05) is 32.9 Å². The van der Waals surface area contributed by atoms with E-state index in [1.165, 1.54) is 0 Å².